The second-order valence-electron chi connectivity index (χ2n) is 7.18. The minimum absolute atomic E-state index is 0.0606. The molecule has 1 aliphatic heterocycles. The van der Waals surface area contributed by atoms with Crippen LogP contribution >= 0.6 is 0 Å². The molecule has 0 unspecified atom stereocenters. The molecule has 144 valence electrons. The summed E-state index contributed by atoms with van der Waals surface area (Å²) in [7, 11) is -0.910. The van der Waals surface area contributed by atoms with Gasteiger partial charge in [0.05, 0.1) is 0 Å². The second kappa shape index (κ2) is 9.29. The number of amides is 1. The Morgan fingerprint density at radius 3 is 2.70 bits per heavy atom. The van der Waals surface area contributed by atoms with Crippen molar-refractivity contribution < 1.29 is 9.00 Å². The Balaban J connectivity index is 1.59. The topological polar surface area (TPSA) is 49.4 Å². The third kappa shape index (κ3) is 5.27. The van der Waals surface area contributed by atoms with Crippen LogP contribution in [0, 0.1) is 0 Å². The van der Waals surface area contributed by atoms with Gasteiger partial charge in [0.15, 0.2) is 0 Å². The van der Waals surface area contributed by atoms with Gasteiger partial charge in [-0.1, -0.05) is 43.3 Å². The average Bonchev–Trinajstić information content (AvgIpc) is 2.68. The summed E-state index contributed by atoms with van der Waals surface area (Å²) < 4.78 is 11.4. The second-order valence-corrected chi connectivity index (χ2v) is 8.61. The standard InChI is InChI=1S/C22H28N2O2S/c1-3-21(24-12-11-18-8-4-5-9-20(18)15-24)14-23-22(25)19-10-6-7-17(13-19)16-27(2)26/h4-10,13,21H,3,11-12,14-16H2,1-2H3,(H,23,25)/t21-,27-/m0/s1. The maximum absolute atomic E-state index is 12.6. The molecule has 0 radical (unpaired) electrons. The molecule has 0 bridgehead atoms. The first-order valence-corrected chi connectivity index (χ1v) is 11.3. The number of carbonyl (C=O) groups is 1. The van der Waals surface area contributed by atoms with E-state index in [0.29, 0.717) is 23.9 Å². The Bertz CT molecular complexity index is 821. The van der Waals surface area contributed by atoms with Gasteiger partial charge in [-0.25, -0.2) is 0 Å². The van der Waals surface area contributed by atoms with Crippen LogP contribution in [0.15, 0.2) is 48.5 Å². The summed E-state index contributed by atoms with van der Waals surface area (Å²) in [4.78, 5) is 15.1. The molecular formula is C22H28N2O2S. The van der Waals surface area contributed by atoms with E-state index >= 15 is 0 Å². The van der Waals surface area contributed by atoms with Gasteiger partial charge in [0.1, 0.15) is 0 Å². The molecule has 2 aromatic rings. The average molecular weight is 385 g/mol. The number of benzene rings is 2. The fraction of sp³-hybridized carbons (Fsp3) is 0.409. The number of rotatable bonds is 7. The summed E-state index contributed by atoms with van der Waals surface area (Å²) in [5.41, 5.74) is 4.41. The number of hydrogen-bond donors (Lipinski definition) is 1. The van der Waals surface area contributed by atoms with Gasteiger partial charge in [-0.15, -0.1) is 0 Å². The molecular weight excluding hydrogens is 356 g/mol. The first-order valence-electron chi connectivity index (χ1n) is 9.54. The molecule has 0 saturated carbocycles. The van der Waals surface area contributed by atoms with Crippen molar-refractivity contribution in [2.45, 2.75) is 38.1 Å². The minimum Gasteiger partial charge on any atom is -0.350 e. The van der Waals surface area contributed by atoms with Crippen LogP contribution in [0.2, 0.25) is 0 Å². The molecule has 5 heteroatoms. The van der Waals surface area contributed by atoms with E-state index in [2.05, 4.69) is 41.4 Å². The van der Waals surface area contributed by atoms with Crippen molar-refractivity contribution in [2.24, 2.45) is 0 Å². The zero-order valence-electron chi connectivity index (χ0n) is 16.1. The van der Waals surface area contributed by atoms with Gasteiger partial charge in [0.25, 0.3) is 5.91 Å². The third-order valence-corrected chi connectivity index (χ3v) is 5.95. The SMILES string of the molecule is CC[C@@H](CNC(=O)c1cccc(C[S@](C)=O)c1)N1CCc2ccccc2C1. The Kier molecular flexibility index (Phi) is 6.80. The number of carbonyl (C=O) groups excluding carboxylic acids is 1. The zero-order chi connectivity index (χ0) is 19.2. The van der Waals surface area contributed by atoms with Crippen LogP contribution in [-0.4, -0.2) is 40.4 Å². The Labute approximate surface area is 164 Å². The molecule has 1 amide bonds. The fourth-order valence-corrected chi connectivity index (χ4v) is 4.36. The van der Waals surface area contributed by atoms with Crippen molar-refractivity contribution in [3.8, 4) is 0 Å². The van der Waals surface area contributed by atoms with E-state index in [-0.39, 0.29) is 5.91 Å². The molecule has 2 aromatic carbocycles. The molecule has 1 aliphatic rings. The van der Waals surface area contributed by atoms with E-state index < -0.39 is 10.8 Å². The summed E-state index contributed by atoms with van der Waals surface area (Å²) in [6, 6.07) is 16.4. The molecule has 27 heavy (non-hydrogen) atoms. The third-order valence-electron chi connectivity index (χ3n) is 5.21. The van der Waals surface area contributed by atoms with Gasteiger partial charge >= 0.3 is 0 Å². The lowest BCUT2D eigenvalue weighted by atomic mass is 9.98. The van der Waals surface area contributed by atoms with Crippen molar-refractivity contribution in [3.63, 3.8) is 0 Å². The van der Waals surface area contributed by atoms with Crippen molar-refractivity contribution in [1.82, 2.24) is 10.2 Å². The lowest BCUT2D eigenvalue weighted by Gasteiger charge is -2.35. The van der Waals surface area contributed by atoms with E-state index in [1.807, 2.05) is 24.3 Å². The summed E-state index contributed by atoms with van der Waals surface area (Å²) >= 11 is 0. The molecule has 0 spiro atoms. The molecule has 0 aliphatic carbocycles. The highest BCUT2D eigenvalue weighted by atomic mass is 32.2. The molecule has 3 rings (SSSR count). The van der Waals surface area contributed by atoms with Gasteiger partial charge in [-0.05, 0) is 41.7 Å². The van der Waals surface area contributed by atoms with Gasteiger partial charge in [-0.3, -0.25) is 13.9 Å². The maximum Gasteiger partial charge on any atom is 0.251 e. The lowest BCUT2D eigenvalue weighted by Crippen LogP contribution is -2.45. The molecule has 0 fully saturated rings. The Hall–Kier alpha value is -1.98. The molecule has 0 aromatic heterocycles. The van der Waals surface area contributed by atoms with E-state index in [9.17, 15) is 9.00 Å². The van der Waals surface area contributed by atoms with Crippen LogP contribution in [-0.2, 0) is 29.5 Å². The summed E-state index contributed by atoms with van der Waals surface area (Å²) in [6.07, 6.45) is 3.74. The summed E-state index contributed by atoms with van der Waals surface area (Å²) in [5, 5.41) is 3.10. The van der Waals surface area contributed by atoms with Crippen LogP contribution in [0.5, 0.6) is 0 Å². The van der Waals surface area contributed by atoms with E-state index in [1.54, 1.807) is 6.26 Å². The minimum atomic E-state index is -0.910. The Morgan fingerprint density at radius 1 is 1.19 bits per heavy atom. The first-order chi connectivity index (χ1) is 13.1. The Morgan fingerprint density at radius 2 is 1.96 bits per heavy atom. The van der Waals surface area contributed by atoms with Crippen LogP contribution in [0.1, 0.15) is 40.4 Å². The van der Waals surface area contributed by atoms with Crippen LogP contribution in [0.3, 0.4) is 0 Å². The van der Waals surface area contributed by atoms with Crippen LogP contribution < -0.4 is 5.32 Å². The van der Waals surface area contributed by atoms with Gasteiger partial charge in [0, 0.05) is 54.0 Å². The van der Waals surface area contributed by atoms with Gasteiger partial charge in [-0.2, -0.15) is 0 Å². The van der Waals surface area contributed by atoms with Gasteiger partial charge < -0.3 is 5.32 Å². The molecule has 0 saturated heterocycles. The van der Waals surface area contributed by atoms with Crippen LogP contribution in [0.25, 0.3) is 0 Å². The summed E-state index contributed by atoms with van der Waals surface area (Å²) in [5.74, 6) is 0.418. The van der Waals surface area contributed by atoms with E-state index in [4.69, 9.17) is 0 Å². The normalized spacial score (nSPS) is 16.4. The number of fused-ring (bicyclic) bond motifs is 1. The predicted molar refractivity (Wildman–Crippen MR) is 111 cm³/mol. The molecule has 2 atom stereocenters. The summed E-state index contributed by atoms with van der Waals surface area (Å²) in [6.45, 7) is 4.79. The fourth-order valence-electron chi connectivity index (χ4n) is 3.71. The van der Waals surface area contributed by atoms with E-state index in [0.717, 1.165) is 31.5 Å². The number of nitrogens with one attached hydrogen (secondary N) is 1. The lowest BCUT2D eigenvalue weighted by molar-refractivity contribution is 0.0926. The van der Waals surface area contributed by atoms with Crippen molar-refractivity contribution in [3.05, 3.63) is 70.8 Å². The quantitative estimate of drug-likeness (QED) is 0.798. The highest BCUT2D eigenvalue weighted by Crippen LogP contribution is 2.21. The van der Waals surface area contributed by atoms with Crippen molar-refractivity contribution in [2.75, 3.05) is 19.3 Å². The smallest absolute Gasteiger partial charge is 0.251 e. The van der Waals surface area contributed by atoms with Crippen molar-refractivity contribution in [1.29, 1.82) is 0 Å². The number of hydrogen-bond acceptors (Lipinski definition) is 3. The monoisotopic (exact) mass is 384 g/mol. The molecule has 4 nitrogen and oxygen atoms in total. The highest BCUT2D eigenvalue weighted by Gasteiger charge is 2.22. The number of nitrogens with zero attached hydrogens (tertiary/aromatic N) is 1. The van der Waals surface area contributed by atoms with E-state index in [1.165, 1.54) is 11.1 Å². The largest absolute Gasteiger partial charge is 0.350 e. The predicted octanol–water partition coefficient (Wildman–Crippen LogP) is 3.13. The van der Waals surface area contributed by atoms with Gasteiger partial charge in [0.2, 0.25) is 0 Å². The molecule has 1 heterocycles. The molecule has 1 N–H and O–H groups in total. The highest BCUT2D eigenvalue weighted by molar-refractivity contribution is 7.83. The van der Waals surface area contributed by atoms with Crippen molar-refractivity contribution >= 4 is 16.7 Å². The zero-order valence-corrected chi connectivity index (χ0v) is 16.9. The maximum atomic E-state index is 12.6. The first kappa shape index (κ1) is 19.8. The van der Waals surface area contributed by atoms with Crippen LogP contribution in [0.4, 0.5) is 0 Å².